The number of carbonyl (C=O) groups excluding carboxylic acids is 2. The molecule has 1 aliphatic heterocycles. The van der Waals surface area contributed by atoms with Gasteiger partial charge in [0.1, 0.15) is 6.61 Å². The zero-order valence-electron chi connectivity index (χ0n) is 9.96. The Labute approximate surface area is 104 Å². The predicted octanol–water partition coefficient (Wildman–Crippen LogP) is 0.733. The van der Waals surface area contributed by atoms with Crippen molar-refractivity contribution in [1.29, 1.82) is 0 Å². The molecule has 6 heteroatoms. The van der Waals surface area contributed by atoms with Crippen molar-refractivity contribution in [3.05, 3.63) is 35.4 Å². The lowest BCUT2D eigenvalue weighted by Gasteiger charge is -2.14. The largest absolute Gasteiger partial charge is 0.434 e. The molecule has 0 spiro atoms. The summed E-state index contributed by atoms with van der Waals surface area (Å²) >= 11 is 0. The summed E-state index contributed by atoms with van der Waals surface area (Å²) in [6, 6.07) is 7.73. The number of hydrogen-bond acceptors (Lipinski definition) is 4. The molecule has 0 aliphatic carbocycles. The standard InChI is InChI=1S/C12H14N2O4/c1-8-2-4-9(5-3-8)6-14-11(15)10(7-17-14)18-12(13)16/h2-5,10H,6-7H2,1H3,(H2,13,16). The minimum absolute atomic E-state index is 0.00757. The summed E-state index contributed by atoms with van der Waals surface area (Å²) in [6.45, 7) is 2.31. The highest BCUT2D eigenvalue weighted by Gasteiger charge is 2.35. The first-order valence-corrected chi connectivity index (χ1v) is 5.52. The van der Waals surface area contributed by atoms with Crippen LogP contribution in [0.3, 0.4) is 0 Å². The molecule has 2 N–H and O–H groups in total. The third-order valence-electron chi connectivity index (χ3n) is 2.61. The lowest BCUT2D eigenvalue weighted by Crippen LogP contribution is -2.33. The molecule has 2 rings (SSSR count). The zero-order chi connectivity index (χ0) is 13.1. The van der Waals surface area contributed by atoms with E-state index in [2.05, 4.69) is 4.74 Å². The lowest BCUT2D eigenvalue weighted by atomic mass is 10.1. The van der Waals surface area contributed by atoms with E-state index in [1.54, 1.807) is 0 Å². The number of aryl methyl sites for hydroxylation is 1. The first-order valence-electron chi connectivity index (χ1n) is 5.52. The molecule has 1 aromatic rings. The van der Waals surface area contributed by atoms with E-state index in [0.717, 1.165) is 11.1 Å². The number of benzene rings is 1. The Morgan fingerprint density at radius 2 is 2.17 bits per heavy atom. The van der Waals surface area contributed by atoms with Gasteiger partial charge >= 0.3 is 6.09 Å². The summed E-state index contributed by atoms with van der Waals surface area (Å²) in [6.07, 6.45) is -1.91. The van der Waals surface area contributed by atoms with Crippen LogP contribution >= 0.6 is 0 Å². The Morgan fingerprint density at radius 1 is 1.50 bits per heavy atom. The second-order valence-corrected chi connectivity index (χ2v) is 4.08. The van der Waals surface area contributed by atoms with Gasteiger partial charge < -0.3 is 10.5 Å². The van der Waals surface area contributed by atoms with Gasteiger partial charge in [0.15, 0.2) is 0 Å². The van der Waals surface area contributed by atoms with Gasteiger partial charge in [0.05, 0.1) is 6.54 Å². The quantitative estimate of drug-likeness (QED) is 0.857. The van der Waals surface area contributed by atoms with Crippen molar-refractivity contribution in [2.24, 2.45) is 5.73 Å². The molecule has 1 atom stereocenters. The number of primary amides is 1. The van der Waals surface area contributed by atoms with E-state index >= 15 is 0 Å². The molecule has 0 radical (unpaired) electrons. The highest BCUT2D eigenvalue weighted by Crippen LogP contribution is 2.15. The fourth-order valence-corrected chi connectivity index (χ4v) is 1.66. The lowest BCUT2D eigenvalue weighted by molar-refractivity contribution is -0.165. The molecule has 2 amide bonds. The van der Waals surface area contributed by atoms with Crippen molar-refractivity contribution in [3.63, 3.8) is 0 Å². The third kappa shape index (κ3) is 2.78. The maximum absolute atomic E-state index is 11.8. The fraction of sp³-hybridized carbons (Fsp3) is 0.333. The first-order chi connectivity index (χ1) is 8.56. The van der Waals surface area contributed by atoms with E-state index in [0.29, 0.717) is 6.54 Å². The molecule has 1 heterocycles. The van der Waals surface area contributed by atoms with Crippen LogP contribution < -0.4 is 5.73 Å². The predicted molar refractivity (Wildman–Crippen MR) is 62.1 cm³/mol. The fourth-order valence-electron chi connectivity index (χ4n) is 1.66. The van der Waals surface area contributed by atoms with Crippen LogP contribution in [0.4, 0.5) is 4.79 Å². The first kappa shape index (κ1) is 12.4. The van der Waals surface area contributed by atoms with Crippen LogP contribution in [0.1, 0.15) is 11.1 Å². The van der Waals surface area contributed by atoms with Gasteiger partial charge in [-0.3, -0.25) is 9.63 Å². The number of amides is 2. The molecule has 0 aromatic heterocycles. The summed E-state index contributed by atoms with van der Waals surface area (Å²) in [5.41, 5.74) is 6.94. The molecule has 1 unspecified atom stereocenters. The van der Waals surface area contributed by atoms with E-state index in [9.17, 15) is 9.59 Å². The average Bonchev–Trinajstić information content (AvgIpc) is 2.64. The minimum atomic E-state index is -0.978. The van der Waals surface area contributed by atoms with Crippen molar-refractivity contribution in [2.45, 2.75) is 19.6 Å². The smallest absolute Gasteiger partial charge is 0.405 e. The van der Waals surface area contributed by atoms with Crippen molar-refractivity contribution < 1.29 is 19.2 Å². The van der Waals surface area contributed by atoms with E-state index in [1.165, 1.54) is 5.06 Å². The molecule has 18 heavy (non-hydrogen) atoms. The second kappa shape index (κ2) is 5.05. The highest BCUT2D eigenvalue weighted by atomic mass is 16.7. The molecule has 6 nitrogen and oxygen atoms in total. The molecule has 0 bridgehead atoms. The van der Waals surface area contributed by atoms with Gasteiger partial charge in [-0.15, -0.1) is 0 Å². The van der Waals surface area contributed by atoms with Crippen LogP contribution in [0.5, 0.6) is 0 Å². The average molecular weight is 250 g/mol. The summed E-state index contributed by atoms with van der Waals surface area (Å²) in [5, 5.41) is 1.18. The normalized spacial score (nSPS) is 19.1. The van der Waals surface area contributed by atoms with E-state index in [1.807, 2.05) is 31.2 Å². The number of ether oxygens (including phenoxy) is 1. The van der Waals surface area contributed by atoms with Crippen LogP contribution in [0, 0.1) is 6.92 Å². The van der Waals surface area contributed by atoms with E-state index in [4.69, 9.17) is 10.6 Å². The van der Waals surface area contributed by atoms with E-state index < -0.39 is 18.1 Å². The van der Waals surface area contributed by atoms with Crippen molar-refractivity contribution >= 4 is 12.0 Å². The molecular formula is C12H14N2O4. The number of carbonyl (C=O) groups is 2. The molecule has 1 aromatic carbocycles. The van der Waals surface area contributed by atoms with Gasteiger partial charge in [-0.05, 0) is 12.5 Å². The number of hydroxylamine groups is 2. The molecule has 1 fully saturated rings. The van der Waals surface area contributed by atoms with Gasteiger partial charge in [0.2, 0.25) is 6.10 Å². The third-order valence-corrected chi connectivity index (χ3v) is 2.61. The van der Waals surface area contributed by atoms with Gasteiger partial charge in [0, 0.05) is 0 Å². The van der Waals surface area contributed by atoms with Crippen LogP contribution in [0.25, 0.3) is 0 Å². The zero-order valence-corrected chi connectivity index (χ0v) is 9.96. The topological polar surface area (TPSA) is 81.9 Å². The maximum Gasteiger partial charge on any atom is 0.405 e. The Balaban J connectivity index is 1.97. The number of rotatable bonds is 3. The number of nitrogens with zero attached hydrogens (tertiary/aromatic N) is 1. The highest BCUT2D eigenvalue weighted by molar-refractivity contribution is 5.83. The van der Waals surface area contributed by atoms with Gasteiger partial charge in [-0.25, -0.2) is 9.86 Å². The summed E-state index contributed by atoms with van der Waals surface area (Å²) < 4.78 is 4.63. The van der Waals surface area contributed by atoms with Crippen molar-refractivity contribution in [1.82, 2.24) is 5.06 Å². The summed E-state index contributed by atoms with van der Waals surface area (Å²) in [5.74, 6) is -0.394. The molecule has 96 valence electrons. The Kier molecular flexibility index (Phi) is 3.47. The summed E-state index contributed by atoms with van der Waals surface area (Å²) in [7, 11) is 0. The Hall–Kier alpha value is -2.08. The van der Waals surface area contributed by atoms with Gasteiger partial charge in [0.25, 0.3) is 5.91 Å². The van der Waals surface area contributed by atoms with Crippen molar-refractivity contribution in [3.8, 4) is 0 Å². The van der Waals surface area contributed by atoms with Crippen LogP contribution in [0.15, 0.2) is 24.3 Å². The van der Waals surface area contributed by atoms with Crippen molar-refractivity contribution in [2.75, 3.05) is 6.61 Å². The molecular weight excluding hydrogens is 236 g/mol. The maximum atomic E-state index is 11.8. The minimum Gasteiger partial charge on any atom is -0.434 e. The molecule has 1 saturated heterocycles. The van der Waals surface area contributed by atoms with Gasteiger partial charge in [-0.1, -0.05) is 29.8 Å². The van der Waals surface area contributed by atoms with Crippen LogP contribution in [0.2, 0.25) is 0 Å². The monoisotopic (exact) mass is 250 g/mol. The SMILES string of the molecule is Cc1ccc(CN2OCC(OC(N)=O)C2=O)cc1. The molecule has 0 saturated carbocycles. The van der Waals surface area contributed by atoms with Gasteiger partial charge in [-0.2, -0.15) is 0 Å². The van der Waals surface area contributed by atoms with Crippen LogP contribution in [-0.2, 0) is 20.9 Å². The summed E-state index contributed by atoms with van der Waals surface area (Å²) in [4.78, 5) is 27.5. The Bertz CT molecular complexity index is 458. The Morgan fingerprint density at radius 3 is 2.78 bits per heavy atom. The van der Waals surface area contributed by atoms with Crippen LogP contribution in [-0.4, -0.2) is 29.8 Å². The molecule has 1 aliphatic rings. The number of hydrogen-bond donors (Lipinski definition) is 1. The van der Waals surface area contributed by atoms with E-state index in [-0.39, 0.29) is 6.61 Å². The number of nitrogens with two attached hydrogens (primary N) is 1. The second-order valence-electron chi connectivity index (χ2n) is 4.08.